The molecule has 0 aromatic carbocycles. The van der Waals surface area contributed by atoms with E-state index in [4.69, 9.17) is 5.73 Å². The summed E-state index contributed by atoms with van der Waals surface area (Å²) in [6.45, 7) is 4.23. The molecule has 0 amide bonds. The van der Waals surface area contributed by atoms with Gasteiger partial charge in [0.2, 0.25) is 0 Å². The first kappa shape index (κ1) is 11.7. The van der Waals surface area contributed by atoms with E-state index in [-0.39, 0.29) is 0 Å². The standard InChI is InChI=1S/C14H22N2S/c1-10-2-7-14(17-10)13(8-15)16(12-5-6-12)9-11-3-4-11/h2,7,11-13H,3-6,8-9,15H2,1H3. The molecule has 0 radical (unpaired) electrons. The topological polar surface area (TPSA) is 29.3 Å². The maximum absolute atomic E-state index is 6.04. The van der Waals surface area contributed by atoms with E-state index in [1.807, 2.05) is 11.3 Å². The summed E-state index contributed by atoms with van der Waals surface area (Å²) < 4.78 is 0. The lowest BCUT2D eigenvalue weighted by Gasteiger charge is -2.30. The Labute approximate surface area is 108 Å². The third-order valence-electron chi connectivity index (χ3n) is 3.89. The fraction of sp³-hybridized carbons (Fsp3) is 0.714. The number of nitrogens with two attached hydrogens (primary N) is 1. The highest BCUT2D eigenvalue weighted by Gasteiger charge is 2.37. The summed E-state index contributed by atoms with van der Waals surface area (Å²) in [7, 11) is 0. The third kappa shape index (κ3) is 2.72. The van der Waals surface area contributed by atoms with Crippen molar-refractivity contribution in [3.63, 3.8) is 0 Å². The summed E-state index contributed by atoms with van der Waals surface area (Å²) in [5, 5.41) is 0. The second-order valence-corrected chi connectivity index (χ2v) is 6.89. The van der Waals surface area contributed by atoms with Crippen LogP contribution in [0.3, 0.4) is 0 Å². The van der Waals surface area contributed by atoms with Crippen molar-refractivity contribution >= 4 is 11.3 Å². The van der Waals surface area contributed by atoms with Crippen molar-refractivity contribution in [2.75, 3.05) is 13.1 Å². The van der Waals surface area contributed by atoms with E-state index in [1.54, 1.807) is 0 Å². The summed E-state index contributed by atoms with van der Waals surface area (Å²) in [4.78, 5) is 5.57. The molecule has 1 heterocycles. The van der Waals surface area contributed by atoms with Crippen molar-refractivity contribution in [1.29, 1.82) is 0 Å². The summed E-state index contributed by atoms with van der Waals surface area (Å²) in [6, 6.07) is 5.80. The lowest BCUT2D eigenvalue weighted by Crippen LogP contribution is -2.36. The first-order valence-corrected chi connectivity index (χ1v) is 7.61. The fourth-order valence-corrected chi connectivity index (χ4v) is 3.59. The third-order valence-corrected chi connectivity index (χ3v) is 5.00. The van der Waals surface area contributed by atoms with Crippen molar-refractivity contribution in [2.24, 2.45) is 11.7 Å². The highest BCUT2D eigenvalue weighted by atomic mass is 32.1. The van der Waals surface area contributed by atoms with E-state index >= 15 is 0 Å². The minimum absolute atomic E-state index is 0.474. The first-order valence-electron chi connectivity index (χ1n) is 6.80. The lowest BCUT2D eigenvalue weighted by atomic mass is 10.2. The molecule has 3 heteroatoms. The molecule has 3 rings (SSSR count). The Kier molecular flexibility index (Phi) is 3.24. The van der Waals surface area contributed by atoms with Crippen LogP contribution in [0.15, 0.2) is 12.1 Å². The normalized spacial score (nSPS) is 22.1. The lowest BCUT2D eigenvalue weighted by molar-refractivity contribution is 0.185. The second-order valence-electron chi connectivity index (χ2n) is 5.57. The summed E-state index contributed by atoms with van der Waals surface area (Å²) >= 11 is 1.92. The van der Waals surface area contributed by atoms with Gasteiger partial charge in [0.1, 0.15) is 0 Å². The Morgan fingerprint density at radius 3 is 2.59 bits per heavy atom. The quantitative estimate of drug-likeness (QED) is 0.841. The predicted molar refractivity (Wildman–Crippen MR) is 73.3 cm³/mol. The monoisotopic (exact) mass is 250 g/mol. The van der Waals surface area contributed by atoms with E-state index < -0.39 is 0 Å². The number of hydrogen-bond acceptors (Lipinski definition) is 3. The number of nitrogens with zero attached hydrogens (tertiary/aromatic N) is 1. The fourth-order valence-electron chi connectivity index (χ4n) is 2.58. The van der Waals surface area contributed by atoms with Crippen molar-refractivity contribution in [1.82, 2.24) is 4.90 Å². The van der Waals surface area contributed by atoms with Gasteiger partial charge in [-0.2, -0.15) is 0 Å². The molecular weight excluding hydrogens is 228 g/mol. The predicted octanol–water partition coefficient (Wildman–Crippen LogP) is 2.93. The molecule has 2 aliphatic rings. The van der Waals surface area contributed by atoms with Crippen LogP contribution in [-0.2, 0) is 0 Å². The molecule has 2 nitrogen and oxygen atoms in total. The molecule has 0 saturated heterocycles. The molecule has 0 spiro atoms. The van der Waals surface area contributed by atoms with E-state index in [1.165, 1.54) is 42.0 Å². The van der Waals surface area contributed by atoms with E-state index in [2.05, 4.69) is 24.0 Å². The van der Waals surface area contributed by atoms with Crippen LogP contribution in [0.25, 0.3) is 0 Å². The molecule has 94 valence electrons. The van der Waals surface area contributed by atoms with Crippen molar-refractivity contribution in [3.05, 3.63) is 21.9 Å². The summed E-state index contributed by atoms with van der Waals surface area (Å²) in [5.74, 6) is 0.964. The minimum Gasteiger partial charge on any atom is -0.329 e. The molecule has 0 bridgehead atoms. The van der Waals surface area contributed by atoms with Crippen LogP contribution in [0.4, 0.5) is 0 Å². The first-order chi connectivity index (χ1) is 8.28. The SMILES string of the molecule is Cc1ccc(C(CN)N(CC2CC2)C2CC2)s1. The van der Waals surface area contributed by atoms with Gasteiger partial charge in [-0.15, -0.1) is 11.3 Å². The van der Waals surface area contributed by atoms with Crippen molar-refractivity contribution in [3.8, 4) is 0 Å². The van der Waals surface area contributed by atoms with Gasteiger partial charge in [0.05, 0.1) is 6.04 Å². The average Bonchev–Trinajstić information content (AvgIpc) is 3.20. The van der Waals surface area contributed by atoms with Gasteiger partial charge in [0, 0.05) is 28.9 Å². The maximum Gasteiger partial charge on any atom is 0.0566 e. The molecule has 2 aliphatic carbocycles. The molecule has 2 fully saturated rings. The van der Waals surface area contributed by atoms with Gasteiger partial charge in [-0.3, -0.25) is 4.90 Å². The molecule has 17 heavy (non-hydrogen) atoms. The van der Waals surface area contributed by atoms with Crippen LogP contribution in [-0.4, -0.2) is 24.0 Å². The minimum atomic E-state index is 0.474. The van der Waals surface area contributed by atoms with Crippen LogP contribution in [0.5, 0.6) is 0 Å². The molecule has 0 aliphatic heterocycles. The molecule has 1 aromatic rings. The zero-order chi connectivity index (χ0) is 11.8. The number of rotatable bonds is 6. The van der Waals surface area contributed by atoms with Gasteiger partial charge in [0.15, 0.2) is 0 Å². The van der Waals surface area contributed by atoms with E-state index in [0.29, 0.717) is 6.04 Å². The Morgan fingerprint density at radius 1 is 1.35 bits per heavy atom. The Morgan fingerprint density at radius 2 is 2.12 bits per heavy atom. The van der Waals surface area contributed by atoms with Gasteiger partial charge in [-0.1, -0.05) is 0 Å². The zero-order valence-electron chi connectivity index (χ0n) is 10.6. The van der Waals surface area contributed by atoms with Crippen LogP contribution in [0.2, 0.25) is 0 Å². The van der Waals surface area contributed by atoms with E-state index in [9.17, 15) is 0 Å². The highest BCUT2D eigenvalue weighted by Crippen LogP contribution is 2.40. The van der Waals surface area contributed by atoms with Crippen LogP contribution >= 0.6 is 11.3 Å². The summed E-state index contributed by atoms with van der Waals surface area (Å²) in [6.07, 6.45) is 5.63. The smallest absolute Gasteiger partial charge is 0.0566 e. The van der Waals surface area contributed by atoms with Gasteiger partial charge in [-0.05, 0) is 50.7 Å². The van der Waals surface area contributed by atoms with Gasteiger partial charge in [-0.25, -0.2) is 0 Å². The number of aryl methyl sites for hydroxylation is 1. The van der Waals surface area contributed by atoms with Gasteiger partial charge >= 0.3 is 0 Å². The Bertz CT molecular complexity index is 379. The molecule has 1 atom stereocenters. The number of hydrogen-bond donors (Lipinski definition) is 1. The summed E-state index contributed by atoms with van der Waals surface area (Å²) in [5.41, 5.74) is 6.04. The van der Waals surface area contributed by atoms with Gasteiger partial charge in [0.25, 0.3) is 0 Å². The van der Waals surface area contributed by atoms with E-state index in [0.717, 1.165) is 18.5 Å². The largest absolute Gasteiger partial charge is 0.329 e. The van der Waals surface area contributed by atoms with Crippen LogP contribution in [0.1, 0.15) is 41.5 Å². The maximum atomic E-state index is 6.04. The zero-order valence-corrected chi connectivity index (χ0v) is 11.4. The molecule has 1 unspecified atom stereocenters. The Balaban J connectivity index is 1.75. The Hall–Kier alpha value is -0.380. The average molecular weight is 250 g/mol. The van der Waals surface area contributed by atoms with Crippen LogP contribution in [0, 0.1) is 12.8 Å². The van der Waals surface area contributed by atoms with Crippen LogP contribution < -0.4 is 5.73 Å². The van der Waals surface area contributed by atoms with Crippen molar-refractivity contribution in [2.45, 2.75) is 44.7 Å². The molecule has 2 N–H and O–H groups in total. The molecule has 1 aromatic heterocycles. The van der Waals surface area contributed by atoms with Crippen molar-refractivity contribution < 1.29 is 0 Å². The molecular formula is C14H22N2S. The van der Waals surface area contributed by atoms with Gasteiger partial charge < -0.3 is 5.73 Å². The highest BCUT2D eigenvalue weighted by molar-refractivity contribution is 7.12. The number of thiophene rings is 1. The second kappa shape index (κ2) is 4.71. The molecule has 2 saturated carbocycles.